The van der Waals surface area contributed by atoms with Crippen LogP contribution in [0.5, 0.6) is 5.75 Å². The van der Waals surface area contributed by atoms with Crippen molar-refractivity contribution in [2.75, 3.05) is 14.2 Å². The van der Waals surface area contributed by atoms with Crippen molar-refractivity contribution < 1.29 is 27.9 Å². The number of likely N-dealkylation sites (N-methyl/N-ethyl adjacent to an activating group) is 1. The quantitative estimate of drug-likeness (QED) is 0.668. The van der Waals surface area contributed by atoms with E-state index in [4.69, 9.17) is 9.84 Å². The zero-order valence-corrected chi connectivity index (χ0v) is 12.5. The van der Waals surface area contributed by atoms with Crippen LogP contribution in [0.3, 0.4) is 0 Å². The highest BCUT2D eigenvalue weighted by molar-refractivity contribution is 7.89. The first-order valence-corrected chi connectivity index (χ1v) is 7.36. The van der Waals surface area contributed by atoms with Crippen molar-refractivity contribution in [3.63, 3.8) is 0 Å². The first-order chi connectivity index (χ1) is 9.72. The van der Waals surface area contributed by atoms with Gasteiger partial charge in [-0.25, -0.2) is 13.2 Å². The molecule has 0 bridgehead atoms. The van der Waals surface area contributed by atoms with E-state index in [2.05, 4.69) is 10.0 Å². The van der Waals surface area contributed by atoms with Crippen LogP contribution in [0.25, 0.3) is 0 Å². The lowest BCUT2D eigenvalue weighted by molar-refractivity contribution is -0.121. The number of aromatic carboxylic acids is 1. The van der Waals surface area contributed by atoms with Gasteiger partial charge in [-0.2, -0.15) is 4.72 Å². The van der Waals surface area contributed by atoms with E-state index in [1.165, 1.54) is 33.2 Å². The molecule has 0 fully saturated rings. The predicted octanol–water partition coefficient (Wildman–Crippen LogP) is -0.194. The summed E-state index contributed by atoms with van der Waals surface area (Å²) in [5.74, 6) is -1.81. The molecule has 0 radical (unpaired) electrons. The third-order valence-corrected chi connectivity index (χ3v) is 4.23. The molecule has 3 N–H and O–H groups in total. The van der Waals surface area contributed by atoms with Gasteiger partial charge >= 0.3 is 5.97 Å². The number of sulfonamides is 1. The standard InChI is InChI=1S/C12H16N2O6S/c1-7(11(15)13-2)14-21(18,19)10-6-8(12(16)17)4-5-9(10)20-3/h4-7,14H,1-3H3,(H,13,15)(H,16,17). The molecular weight excluding hydrogens is 300 g/mol. The van der Waals surface area contributed by atoms with Gasteiger partial charge in [-0.05, 0) is 25.1 Å². The Balaban J connectivity index is 3.26. The second-order valence-electron chi connectivity index (χ2n) is 4.13. The summed E-state index contributed by atoms with van der Waals surface area (Å²) in [5.41, 5.74) is -0.205. The summed E-state index contributed by atoms with van der Waals surface area (Å²) in [6.45, 7) is 1.36. The van der Waals surface area contributed by atoms with Crippen LogP contribution in [0.2, 0.25) is 0 Å². The Labute approximate surface area is 122 Å². The van der Waals surface area contributed by atoms with Crippen LogP contribution in [0.1, 0.15) is 17.3 Å². The lowest BCUT2D eigenvalue weighted by atomic mass is 10.2. The summed E-state index contributed by atoms with van der Waals surface area (Å²) in [4.78, 5) is 22.0. The van der Waals surface area contributed by atoms with Gasteiger partial charge in [0.2, 0.25) is 15.9 Å². The molecule has 0 aliphatic heterocycles. The monoisotopic (exact) mass is 316 g/mol. The third-order valence-electron chi connectivity index (χ3n) is 2.67. The summed E-state index contributed by atoms with van der Waals surface area (Å²) in [6.07, 6.45) is 0. The van der Waals surface area contributed by atoms with Crippen molar-refractivity contribution in [1.82, 2.24) is 10.0 Å². The van der Waals surface area contributed by atoms with Gasteiger partial charge in [-0.1, -0.05) is 0 Å². The van der Waals surface area contributed by atoms with Crippen LogP contribution in [0, 0.1) is 0 Å². The molecule has 9 heteroatoms. The van der Waals surface area contributed by atoms with Crippen molar-refractivity contribution in [3.05, 3.63) is 23.8 Å². The maximum atomic E-state index is 12.3. The van der Waals surface area contributed by atoms with Crippen molar-refractivity contribution in [3.8, 4) is 5.75 Å². The van der Waals surface area contributed by atoms with Crippen LogP contribution in [-0.4, -0.2) is 45.6 Å². The van der Waals surface area contributed by atoms with Gasteiger partial charge in [0, 0.05) is 7.05 Å². The molecule has 0 saturated carbocycles. The zero-order chi connectivity index (χ0) is 16.2. The fraction of sp³-hybridized carbons (Fsp3) is 0.333. The average molecular weight is 316 g/mol. The summed E-state index contributed by atoms with van der Waals surface area (Å²) < 4.78 is 31.6. The number of rotatable bonds is 6. The molecule has 0 saturated heterocycles. The van der Waals surface area contributed by atoms with Gasteiger partial charge in [-0.3, -0.25) is 4.79 Å². The molecular formula is C12H16N2O6S. The van der Waals surface area contributed by atoms with Crippen molar-refractivity contribution in [1.29, 1.82) is 0 Å². The molecule has 0 aliphatic carbocycles. The second kappa shape index (κ2) is 6.55. The highest BCUT2D eigenvalue weighted by Crippen LogP contribution is 2.25. The van der Waals surface area contributed by atoms with Crippen LogP contribution < -0.4 is 14.8 Å². The van der Waals surface area contributed by atoms with E-state index >= 15 is 0 Å². The number of ether oxygens (including phenoxy) is 1. The Morgan fingerprint density at radius 3 is 2.43 bits per heavy atom. The number of hydrogen-bond donors (Lipinski definition) is 3. The summed E-state index contributed by atoms with van der Waals surface area (Å²) in [5, 5.41) is 11.2. The maximum absolute atomic E-state index is 12.3. The minimum atomic E-state index is -4.11. The minimum absolute atomic E-state index is 0.0170. The van der Waals surface area contributed by atoms with Crippen LogP contribution in [-0.2, 0) is 14.8 Å². The Bertz CT molecular complexity index is 656. The van der Waals surface area contributed by atoms with E-state index in [1.807, 2.05) is 0 Å². The molecule has 0 heterocycles. The normalized spacial score (nSPS) is 12.5. The number of carboxylic acid groups (broad SMARTS) is 1. The second-order valence-corrected chi connectivity index (χ2v) is 5.81. The third kappa shape index (κ3) is 3.92. The first-order valence-electron chi connectivity index (χ1n) is 5.88. The van der Waals surface area contributed by atoms with Gasteiger partial charge in [0.25, 0.3) is 0 Å². The Morgan fingerprint density at radius 1 is 1.33 bits per heavy atom. The predicted molar refractivity (Wildman–Crippen MR) is 73.8 cm³/mol. The van der Waals surface area contributed by atoms with E-state index in [-0.39, 0.29) is 16.2 Å². The van der Waals surface area contributed by atoms with Gasteiger partial charge in [0.05, 0.1) is 18.7 Å². The van der Waals surface area contributed by atoms with E-state index in [9.17, 15) is 18.0 Å². The number of benzene rings is 1. The molecule has 21 heavy (non-hydrogen) atoms. The van der Waals surface area contributed by atoms with Crippen molar-refractivity contribution >= 4 is 21.9 Å². The molecule has 1 atom stereocenters. The highest BCUT2D eigenvalue weighted by atomic mass is 32.2. The summed E-state index contributed by atoms with van der Waals surface area (Å²) >= 11 is 0. The van der Waals surface area contributed by atoms with E-state index in [1.54, 1.807) is 0 Å². The lowest BCUT2D eigenvalue weighted by Gasteiger charge is -2.15. The van der Waals surface area contributed by atoms with Crippen LogP contribution in [0.15, 0.2) is 23.1 Å². The van der Waals surface area contributed by atoms with Gasteiger partial charge in [0.15, 0.2) is 0 Å². The molecule has 116 valence electrons. The zero-order valence-electron chi connectivity index (χ0n) is 11.7. The molecule has 8 nitrogen and oxygen atoms in total. The van der Waals surface area contributed by atoms with Gasteiger partial charge in [0.1, 0.15) is 10.6 Å². The number of carboxylic acids is 1. The molecule has 0 aromatic heterocycles. The molecule has 1 rings (SSSR count). The average Bonchev–Trinajstić information content (AvgIpc) is 2.44. The number of carbonyl (C=O) groups is 2. The first kappa shape index (κ1) is 16.9. The number of methoxy groups -OCH3 is 1. The summed E-state index contributed by atoms with van der Waals surface area (Å²) in [7, 11) is -1.48. The van der Waals surface area contributed by atoms with E-state index in [0.29, 0.717) is 0 Å². The summed E-state index contributed by atoms with van der Waals surface area (Å²) in [6, 6.07) is 2.42. The molecule has 1 aromatic carbocycles. The fourth-order valence-electron chi connectivity index (χ4n) is 1.59. The van der Waals surface area contributed by atoms with Crippen molar-refractivity contribution in [2.24, 2.45) is 0 Å². The van der Waals surface area contributed by atoms with Gasteiger partial charge in [-0.15, -0.1) is 0 Å². The molecule has 1 unspecified atom stereocenters. The van der Waals surface area contributed by atoms with E-state index in [0.717, 1.165) is 6.07 Å². The number of nitrogens with one attached hydrogen (secondary N) is 2. The molecule has 0 aliphatic rings. The highest BCUT2D eigenvalue weighted by Gasteiger charge is 2.25. The SMILES string of the molecule is CNC(=O)C(C)NS(=O)(=O)c1cc(C(=O)O)ccc1OC. The molecule has 0 spiro atoms. The van der Waals surface area contributed by atoms with Gasteiger partial charge < -0.3 is 15.2 Å². The number of hydrogen-bond acceptors (Lipinski definition) is 5. The molecule has 1 aromatic rings. The molecule has 1 amide bonds. The van der Waals surface area contributed by atoms with Crippen LogP contribution >= 0.6 is 0 Å². The lowest BCUT2D eigenvalue weighted by Crippen LogP contribution is -2.43. The Morgan fingerprint density at radius 2 is 1.95 bits per heavy atom. The number of carbonyl (C=O) groups excluding carboxylic acids is 1. The Kier molecular flexibility index (Phi) is 5.28. The maximum Gasteiger partial charge on any atom is 0.335 e. The smallest absolute Gasteiger partial charge is 0.335 e. The minimum Gasteiger partial charge on any atom is -0.495 e. The van der Waals surface area contributed by atoms with Crippen LogP contribution in [0.4, 0.5) is 0 Å². The fourth-order valence-corrected chi connectivity index (χ4v) is 2.98. The van der Waals surface area contributed by atoms with Crippen molar-refractivity contribution in [2.45, 2.75) is 17.9 Å². The van der Waals surface area contributed by atoms with E-state index < -0.39 is 27.9 Å². The Hall–Kier alpha value is -2.13. The number of amides is 1. The topological polar surface area (TPSA) is 122 Å². The largest absolute Gasteiger partial charge is 0.495 e.